The molecule has 0 heterocycles. The minimum absolute atomic E-state index is 0. The Labute approximate surface area is 97.7 Å². The van der Waals surface area contributed by atoms with Crippen LogP contribution in [0.5, 0.6) is 0 Å². The first-order chi connectivity index (χ1) is 6.06. The van der Waals surface area contributed by atoms with Gasteiger partial charge in [-0.3, -0.25) is 4.79 Å². The Morgan fingerprint density at radius 3 is 2.29 bits per heavy atom. The Morgan fingerprint density at radius 2 is 1.86 bits per heavy atom. The predicted molar refractivity (Wildman–Crippen MR) is 60.7 cm³/mol. The zero-order valence-corrected chi connectivity index (χ0v) is 10.0. The minimum atomic E-state index is -1.64. The molecule has 0 fully saturated rings. The highest BCUT2D eigenvalue weighted by atomic mass is 79.9. The Balaban J connectivity index is 0.00000169. The zero-order valence-electron chi connectivity index (χ0n) is 6.87. The summed E-state index contributed by atoms with van der Waals surface area (Å²) in [4.78, 5) is 10.6. The molecule has 0 bridgehead atoms. The van der Waals surface area contributed by atoms with E-state index in [0.29, 0.717) is 15.2 Å². The molecule has 0 unspecified atom stereocenters. The fourth-order valence-electron chi connectivity index (χ4n) is 0.943. The van der Waals surface area contributed by atoms with Crippen molar-refractivity contribution < 1.29 is 20.3 Å². The summed E-state index contributed by atoms with van der Waals surface area (Å²) in [6.45, 7) is 0. The van der Waals surface area contributed by atoms with Crippen LogP contribution in [0, 0.1) is 0 Å². The number of hydrogen-bond donors (Lipinski definition) is 2. The normalized spacial score (nSPS) is 9.14. The largest absolute Gasteiger partial charge is 0.489 e. The van der Waals surface area contributed by atoms with Gasteiger partial charge in [0, 0.05) is 14.5 Å². The Morgan fingerprint density at radius 1 is 1.29 bits per heavy atom. The van der Waals surface area contributed by atoms with Gasteiger partial charge in [0.25, 0.3) is 0 Å². The molecule has 0 saturated carbocycles. The van der Waals surface area contributed by atoms with Gasteiger partial charge in [0.15, 0.2) is 6.29 Å². The van der Waals surface area contributed by atoms with E-state index in [2.05, 4.69) is 31.9 Å². The SMILES string of the molecule is O.O=Cc1c(Br)cc(Br)cc1B(O)O. The van der Waals surface area contributed by atoms with Crippen molar-refractivity contribution in [3.63, 3.8) is 0 Å². The van der Waals surface area contributed by atoms with Crippen LogP contribution in [0.3, 0.4) is 0 Å². The highest BCUT2D eigenvalue weighted by molar-refractivity contribution is 9.11. The van der Waals surface area contributed by atoms with Crippen molar-refractivity contribution >= 4 is 50.7 Å². The van der Waals surface area contributed by atoms with E-state index in [0.717, 1.165) is 0 Å². The maximum Gasteiger partial charge on any atom is 0.489 e. The summed E-state index contributed by atoms with van der Waals surface area (Å²) in [7, 11) is -1.64. The van der Waals surface area contributed by atoms with E-state index in [-0.39, 0.29) is 16.5 Å². The molecule has 1 aromatic carbocycles. The van der Waals surface area contributed by atoms with E-state index < -0.39 is 7.12 Å². The molecule has 1 aromatic rings. The molecule has 7 heteroatoms. The molecular weight excluding hydrogens is 319 g/mol. The third kappa shape index (κ3) is 2.89. The average molecular weight is 326 g/mol. The summed E-state index contributed by atoms with van der Waals surface area (Å²) in [6.07, 6.45) is 0.575. The van der Waals surface area contributed by atoms with Crippen LogP contribution < -0.4 is 5.46 Å². The zero-order chi connectivity index (χ0) is 10.0. The monoisotopic (exact) mass is 324 g/mol. The van der Waals surface area contributed by atoms with Gasteiger partial charge in [-0.05, 0) is 17.6 Å². The van der Waals surface area contributed by atoms with Gasteiger partial charge in [-0.2, -0.15) is 0 Å². The summed E-state index contributed by atoms with van der Waals surface area (Å²) >= 11 is 6.32. The van der Waals surface area contributed by atoms with Crippen LogP contribution in [0.1, 0.15) is 10.4 Å². The first kappa shape index (κ1) is 13.8. The fraction of sp³-hybridized carbons (Fsp3) is 0. The first-order valence-corrected chi connectivity index (χ1v) is 4.95. The number of rotatable bonds is 2. The second-order valence-corrected chi connectivity index (χ2v) is 4.15. The van der Waals surface area contributed by atoms with Crippen LogP contribution in [-0.2, 0) is 0 Å². The Kier molecular flexibility index (Phi) is 5.54. The van der Waals surface area contributed by atoms with Gasteiger partial charge >= 0.3 is 7.12 Å². The Hall–Kier alpha value is -0.205. The lowest BCUT2D eigenvalue weighted by molar-refractivity contribution is 0.112. The van der Waals surface area contributed by atoms with Crippen molar-refractivity contribution in [2.45, 2.75) is 0 Å². The smallest absolute Gasteiger partial charge is 0.423 e. The fourth-order valence-corrected chi connectivity index (χ4v) is 2.29. The highest BCUT2D eigenvalue weighted by Gasteiger charge is 2.18. The number of aldehydes is 1. The van der Waals surface area contributed by atoms with Gasteiger partial charge < -0.3 is 15.5 Å². The van der Waals surface area contributed by atoms with Crippen LogP contribution in [0.15, 0.2) is 21.1 Å². The highest BCUT2D eigenvalue weighted by Crippen LogP contribution is 2.19. The molecule has 0 spiro atoms. The molecule has 0 aliphatic heterocycles. The summed E-state index contributed by atoms with van der Waals surface area (Å²) in [5.74, 6) is 0. The van der Waals surface area contributed by atoms with E-state index in [1.165, 1.54) is 6.07 Å². The molecule has 0 aliphatic carbocycles. The minimum Gasteiger partial charge on any atom is -0.423 e. The van der Waals surface area contributed by atoms with Crippen LogP contribution in [0.25, 0.3) is 0 Å². The summed E-state index contributed by atoms with van der Waals surface area (Å²) in [6, 6.07) is 3.15. The van der Waals surface area contributed by atoms with Gasteiger partial charge in [-0.25, -0.2) is 0 Å². The number of carbonyl (C=O) groups is 1. The van der Waals surface area contributed by atoms with Crippen molar-refractivity contribution in [2.75, 3.05) is 0 Å². The van der Waals surface area contributed by atoms with E-state index in [1.54, 1.807) is 6.07 Å². The average Bonchev–Trinajstić information content (AvgIpc) is 2.02. The Bertz CT molecular complexity index is 343. The topological polar surface area (TPSA) is 89.0 Å². The standard InChI is InChI=1S/C7H5BBr2O3.H2O/c9-4-1-6(8(12)13)5(3-11)7(10)2-4;/h1-3,12-13H;1H2. The maximum absolute atomic E-state index is 10.6. The molecule has 0 radical (unpaired) electrons. The van der Waals surface area contributed by atoms with Gasteiger partial charge in [0.2, 0.25) is 0 Å². The lowest BCUT2D eigenvalue weighted by Gasteiger charge is -2.06. The van der Waals surface area contributed by atoms with E-state index in [9.17, 15) is 4.79 Å². The number of benzene rings is 1. The number of hydrogen-bond acceptors (Lipinski definition) is 3. The van der Waals surface area contributed by atoms with Gasteiger partial charge in [0.05, 0.1) is 0 Å². The quantitative estimate of drug-likeness (QED) is 0.587. The molecule has 0 aromatic heterocycles. The molecule has 0 aliphatic rings. The van der Waals surface area contributed by atoms with E-state index in [4.69, 9.17) is 10.0 Å². The lowest BCUT2D eigenvalue weighted by atomic mass is 9.77. The molecular formula is C7H7BBr2O4. The summed E-state index contributed by atoms with van der Waals surface area (Å²) in [5, 5.41) is 17.9. The van der Waals surface area contributed by atoms with Gasteiger partial charge in [0.1, 0.15) is 0 Å². The molecule has 0 amide bonds. The predicted octanol–water partition coefficient (Wildman–Crippen LogP) is -0.121. The third-order valence-corrected chi connectivity index (χ3v) is 2.64. The molecule has 0 atom stereocenters. The molecule has 14 heavy (non-hydrogen) atoms. The molecule has 4 N–H and O–H groups in total. The second kappa shape index (κ2) is 5.62. The lowest BCUT2D eigenvalue weighted by Crippen LogP contribution is -2.33. The van der Waals surface area contributed by atoms with Crippen molar-refractivity contribution in [1.82, 2.24) is 0 Å². The van der Waals surface area contributed by atoms with Crippen molar-refractivity contribution in [2.24, 2.45) is 0 Å². The summed E-state index contributed by atoms with van der Waals surface area (Å²) < 4.78 is 1.20. The molecule has 4 nitrogen and oxygen atoms in total. The van der Waals surface area contributed by atoms with Crippen molar-refractivity contribution in [3.8, 4) is 0 Å². The molecule has 1 rings (SSSR count). The van der Waals surface area contributed by atoms with Gasteiger partial charge in [-0.1, -0.05) is 31.9 Å². The third-order valence-electron chi connectivity index (χ3n) is 1.52. The van der Waals surface area contributed by atoms with Crippen molar-refractivity contribution in [3.05, 3.63) is 26.6 Å². The second-order valence-electron chi connectivity index (χ2n) is 2.38. The van der Waals surface area contributed by atoms with E-state index in [1.807, 2.05) is 0 Å². The van der Waals surface area contributed by atoms with Crippen molar-refractivity contribution in [1.29, 1.82) is 0 Å². The first-order valence-electron chi connectivity index (χ1n) is 3.36. The number of carbonyl (C=O) groups excluding carboxylic acids is 1. The summed E-state index contributed by atoms with van der Waals surface area (Å²) in [5.41, 5.74) is 0.425. The van der Waals surface area contributed by atoms with E-state index >= 15 is 0 Å². The molecule has 76 valence electrons. The van der Waals surface area contributed by atoms with Crippen LogP contribution in [0.4, 0.5) is 0 Å². The van der Waals surface area contributed by atoms with Crippen LogP contribution in [-0.4, -0.2) is 28.9 Å². The number of halogens is 2. The van der Waals surface area contributed by atoms with Gasteiger partial charge in [-0.15, -0.1) is 0 Å². The van der Waals surface area contributed by atoms with Crippen LogP contribution >= 0.6 is 31.9 Å². The maximum atomic E-state index is 10.6. The van der Waals surface area contributed by atoms with Crippen LogP contribution in [0.2, 0.25) is 0 Å². The molecule has 0 saturated heterocycles.